The molecule has 0 amide bonds. The van der Waals surface area contributed by atoms with Gasteiger partial charge in [0.25, 0.3) is 0 Å². The lowest BCUT2D eigenvalue weighted by atomic mass is 9.76. The predicted octanol–water partition coefficient (Wildman–Crippen LogP) is 3.76. The molecule has 3 nitrogen and oxygen atoms in total. The molecule has 106 valence electrons. The van der Waals surface area contributed by atoms with Crippen LogP contribution in [-0.2, 0) is 13.0 Å². The van der Waals surface area contributed by atoms with Gasteiger partial charge < -0.3 is 4.57 Å². The average Bonchev–Trinajstić information content (AvgIpc) is 2.86. The monoisotopic (exact) mass is 288 g/mol. The molecule has 0 saturated heterocycles. The Balaban J connectivity index is 2.02. The van der Waals surface area contributed by atoms with Crippen molar-refractivity contribution in [3.8, 4) is 0 Å². The van der Waals surface area contributed by atoms with Crippen molar-refractivity contribution in [3.63, 3.8) is 0 Å². The molecule has 0 radical (unpaired) electrons. The Morgan fingerprint density at radius 1 is 1.35 bits per heavy atom. The van der Waals surface area contributed by atoms with Crippen LogP contribution in [0.25, 0.3) is 0 Å². The summed E-state index contributed by atoms with van der Waals surface area (Å²) >= 11 is 1.69. The summed E-state index contributed by atoms with van der Waals surface area (Å²) in [6, 6.07) is 2.05. The Labute approximate surface area is 123 Å². The number of thiazole rings is 1. The van der Waals surface area contributed by atoms with Crippen molar-refractivity contribution in [2.75, 3.05) is 0 Å². The van der Waals surface area contributed by atoms with E-state index in [0.717, 1.165) is 34.9 Å². The second kappa shape index (κ2) is 4.55. The minimum atomic E-state index is 0.0609. The summed E-state index contributed by atoms with van der Waals surface area (Å²) < 4.78 is 2.27. The molecule has 2 aromatic rings. The van der Waals surface area contributed by atoms with Crippen LogP contribution < -0.4 is 0 Å². The Kier molecular flexibility index (Phi) is 3.09. The number of carbonyl (C=O) groups excluding carboxylic acids is 1. The fraction of sp³-hybridized carbons (Fsp3) is 0.500. The molecule has 0 aliphatic heterocycles. The van der Waals surface area contributed by atoms with Gasteiger partial charge in [0, 0.05) is 34.4 Å². The van der Waals surface area contributed by atoms with Crippen molar-refractivity contribution in [1.29, 1.82) is 0 Å². The highest BCUT2D eigenvalue weighted by atomic mass is 32.1. The van der Waals surface area contributed by atoms with Gasteiger partial charge in [-0.2, -0.15) is 0 Å². The lowest BCUT2D eigenvalue weighted by molar-refractivity contribution is 0.0910. The number of rotatable bonds is 2. The first-order chi connectivity index (χ1) is 9.35. The van der Waals surface area contributed by atoms with Gasteiger partial charge in [-0.15, -0.1) is 11.3 Å². The van der Waals surface area contributed by atoms with Crippen LogP contribution in [0.1, 0.15) is 52.7 Å². The number of nitrogens with zero attached hydrogens (tertiary/aromatic N) is 2. The SMILES string of the molecule is Cc1csc(Cn2c(C)cc3c2CC(C)(C)CC3=O)n1. The zero-order valence-electron chi connectivity index (χ0n) is 12.5. The van der Waals surface area contributed by atoms with Crippen LogP contribution in [0.2, 0.25) is 0 Å². The number of aryl methyl sites for hydroxylation is 2. The first-order valence-electron chi connectivity index (χ1n) is 6.99. The van der Waals surface area contributed by atoms with E-state index in [1.807, 2.05) is 13.0 Å². The summed E-state index contributed by atoms with van der Waals surface area (Å²) in [5, 5.41) is 3.19. The van der Waals surface area contributed by atoms with E-state index >= 15 is 0 Å². The highest BCUT2D eigenvalue weighted by Crippen LogP contribution is 2.36. The third-order valence-corrected chi connectivity index (χ3v) is 4.91. The summed E-state index contributed by atoms with van der Waals surface area (Å²) in [6.07, 6.45) is 1.62. The molecule has 0 saturated carbocycles. The van der Waals surface area contributed by atoms with Crippen molar-refractivity contribution in [2.24, 2.45) is 5.41 Å². The summed E-state index contributed by atoms with van der Waals surface area (Å²) in [7, 11) is 0. The fourth-order valence-electron chi connectivity index (χ4n) is 3.04. The Hall–Kier alpha value is -1.42. The average molecular weight is 288 g/mol. The second-order valence-corrected chi connectivity index (χ2v) is 7.50. The summed E-state index contributed by atoms with van der Waals surface area (Å²) in [4.78, 5) is 16.8. The molecule has 1 aliphatic carbocycles. The third-order valence-electron chi connectivity index (χ3n) is 3.96. The van der Waals surface area contributed by atoms with E-state index in [4.69, 9.17) is 0 Å². The molecule has 2 aromatic heterocycles. The first-order valence-corrected chi connectivity index (χ1v) is 7.87. The molecular weight excluding hydrogens is 268 g/mol. The number of aromatic nitrogens is 2. The maximum absolute atomic E-state index is 12.3. The van der Waals surface area contributed by atoms with Crippen LogP contribution in [0.4, 0.5) is 0 Å². The lowest BCUT2D eigenvalue weighted by Crippen LogP contribution is -2.28. The van der Waals surface area contributed by atoms with Crippen LogP contribution in [0, 0.1) is 19.3 Å². The summed E-state index contributed by atoms with van der Waals surface area (Å²) in [6.45, 7) is 9.23. The summed E-state index contributed by atoms with van der Waals surface area (Å²) in [5.74, 6) is 0.286. The molecule has 0 N–H and O–H groups in total. The molecule has 20 heavy (non-hydrogen) atoms. The quantitative estimate of drug-likeness (QED) is 0.843. The smallest absolute Gasteiger partial charge is 0.165 e. The van der Waals surface area contributed by atoms with Crippen LogP contribution in [0.15, 0.2) is 11.4 Å². The molecule has 0 unspecified atom stereocenters. The summed E-state index contributed by atoms with van der Waals surface area (Å²) in [5.41, 5.74) is 4.41. The standard InChI is InChI=1S/C16H20N2OS/c1-10-9-20-15(17-10)8-18-11(2)5-12-13(18)6-16(3,4)7-14(12)19/h5,9H,6-8H2,1-4H3. The van der Waals surface area contributed by atoms with Crippen LogP contribution >= 0.6 is 11.3 Å². The molecule has 0 spiro atoms. The molecule has 0 fully saturated rings. The minimum absolute atomic E-state index is 0.0609. The molecule has 0 atom stereocenters. The topological polar surface area (TPSA) is 34.9 Å². The fourth-order valence-corrected chi connectivity index (χ4v) is 3.80. The zero-order chi connectivity index (χ0) is 14.5. The van der Waals surface area contributed by atoms with Gasteiger partial charge in [-0.05, 0) is 31.7 Å². The van der Waals surface area contributed by atoms with E-state index in [0.29, 0.717) is 6.42 Å². The molecule has 0 aromatic carbocycles. The minimum Gasteiger partial charge on any atom is -0.341 e. The zero-order valence-corrected chi connectivity index (χ0v) is 13.3. The maximum atomic E-state index is 12.3. The third kappa shape index (κ3) is 2.33. The van der Waals surface area contributed by atoms with E-state index in [1.165, 1.54) is 5.69 Å². The van der Waals surface area contributed by atoms with Crippen molar-refractivity contribution in [2.45, 2.75) is 47.1 Å². The number of Topliss-reactive ketones (excluding diaryl/α,β-unsaturated/α-hetero) is 1. The number of carbonyl (C=O) groups is 1. The number of hydrogen-bond acceptors (Lipinski definition) is 3. The van der Waals surface area contributed by atoms with Crippen molar-refractivity contribution in [3.05, 3.63) is 39.1 Å². The van der Waals surface area contributed by atoms with Gasteiger partial charge in [-0.25, -0.2) is 4.98 Å². The predicted molar refractivity (Wildman–Crippen MR) is 81.6 cm³/mol. The highest BCUT2D eigenvalue weighted by Gasteiger charge is 2.33. The first kappa shape index (κ1) is 13.6. The van der Waals surface area contributed by atoms with Gasteiger partial charge in [0.05, 0.1) is 6.54 Å². The largest absolute Gasteiger partial charge is 0.341 e. The van der Waals surface area contributed by atoms with E-state index in [-0.39, 0.29) is 11.2 Å². The van der Waals surface area contributed by atoms with Gasteiger partial charge in [0.2, 0.25) is 0 Å². The van der Waals surface area contributed by atoms with E-state index in [9.17, 15) is 4.79 Å². The second-order valence-electron chi connectivity index (χ2n) is 6.56. The number of ketones is 1. The van der Waals surface area contributed by atoms with Crippen LogP contribution in [0.3, 0.4) is 0 Å². The van der Waals surface area contributed by atoms with Gasteiger partial charge in [-0.3, -0.25) is 4.79 Å². The molecule has 4 heteroatoms. The number of fused-ring (bicyclic) bond motifs is 1. The number of hydrogen-bond donors (Lipinski definition) is 0. The van der Waals surface area contributed by atoms with Gasteiger partial charge >= 0.3 is 0 Å². The Bertz CT molecular complexity index is 679. The normalized spacial score (nSPS) is 17.3. The highest BCUT2D eigenvalue weighted by molar-refractivity contribution is 7.09. The molecule has 2 heterocycles. The van der Waals surface area contributed by atoms with E-state index in [2.05, 4.69) is 35.7 Å². The van der Waals surface area contributed by atoms with Gasteiger partial charge in [0.1, 0.15) is 5.01 Å². The lowest BCUT2D eigenvalue weighted by Gasteiger charge is -2.29. The molecular formula is C16H20N2OS. The molecule has 1 aliphatic rings. The Morgan fingerprint density at radius 2 is 2.10 bits per heavy atom. The van der Waals surface area contributed by atoms with Gasteiger partial charge in [-0.1, -0.05) is 13.8 Å². The molecule has 3 rings (SSSR count). The van der Waals surface area contributed by atoms with E-state index < -0.39 is 0 Å². The van der Waals surface area contributed by atoms with E-state index in [1.54, 1.807) is 11.3 Å². The van der Waals surface area contributed by atoms with Crippen molar-refractivity contribution in [1.82, 2.24) is 9.55 Å². The van der Waals surface area contributed by atoms with Gasteiger partial charge in [0.15, 0.2) is 5.78 Å². The van der Waals surface area contributed by atoms with Crippen LogP contribution in [0.5, 0.6) is 0 Å². The van der Waals surface area contributed by atoms with Crippen LogP contribution in [-0.4, -0.2) is 15.3 Å². The maximum Gasteiger partial charge on any atom is 0.165 e. The van der Waals surface area contributed by atoms with Crippen molar-refractivity contribution >= 4 is 17.1 Å². The van der Waals surface area contributed by atoms with Crippen molar-refractivity contribution < 1.29 is 4.79 Å². The molecule has 0 bridgehead atoms. The Morgan fingerprint density at radius 3 is 2.75 bits per heavy atom.